The Morgan fingerprint density at radius 3 is 1.57 bits per heavy atom. The van der Waals surface area contributed by atoms with Gasteiger partial charge in [0.2, 0.25) is 0 Å². The van der Waals surface area contributed by atoms with Crippen molar-refractivity contribution in [2.75, 3.05) is 23.7 Å². The molecule has 0 radical (unpaired) electrons. The number of hydrogen-bond donors (Lipinski definition) is 3. The van der Waals surface area contributed by atoms with E-state index < -0.39 is 5.54 Å². The molecule has 0 amide bonds. The summed E-state index contributed by atoms with van der Waals surface area (Å²) in [5, 5.41) is 28.5. The lowest BCUT2D eigenvalue weighted by molar-refractivity contribution is -0.113. The minimum atomic E-state index is -1.06. The van der Waals surface area contributed by atoms with E-state index in [4.69, 9.17) is 23.2 Å². The van der Waals surface area contributed by atoms with Gasteiger partial charge >= 0.3 is 0 Å². The largest absolute Gasteiger partial charge is 0.762 e. The van der Waals surface area contributed by atoms with E-state index >= 15 is 0 Å². The Balaban J connectivity index is 1.97. The zero-order valence-electron chi connectivity index (χ0n) is 12.6. The van der Waals surface area contributed by atoms with Gasteiger partial charge in [-0.2, -0.15) is 0 Å². The lowest BCUT2D eigenvalue weighted by atomic mass is 10.0. The zero-order chi connectivity index (χ0) is 16.9. The van der Waals surface area contributed by atoms with E-state index in [1.165, 1.54) is 0 Å². The zero-order valence-corrected chi connectivity index (χ0v) is 14.1. The Morgan fingerprint density at radius 2 is 1.26 bits per heavy atom. The molecular formula is C16H18Cl2N3O2-. The number of halogens is 2. The predicted molar refractivity (Wildman–Crippen MR) is 95.3 cm³/mol. The number of hydroxylamine groups is 2. The van der Waals surface area contributed by atoms with Crippen LogP contribution in [0.5, 0.6) is 0 Å². The molecule has 2 aromatic carbocycles. The lowest BCUT2D eigenvalue weighted by Gasteiger charge is -2.41. The standard InChI is InChI=1S/C16H18Cl2N3O2/c1-16(21(22)23,10-19-14-6-2-12(17)3-7-14)11-20-15-8-4-13(18)5-9-15/h2-9,19-20,22H,10-11H2,1H3/q-1. The molecule has 0 aliphatic rings. The van der Waals surface area contributed by atoms with Crippen molar-refractivity contribution < 1.29 is 5.21 Å². The highest BCUT2D eigenvalue weighted by atomic mass is 35.5. The van der Waals surface area contributed by atoms with Crippen LogP contribution in [0.15, 0.2) is 48.5 Å². The maximum Gasteiger partial charge on any atom is 0.0643 e. The minimum Gasteiger partial charge on any atom is -0.762 e. The molecule has 0 heterocycles. The molecule has 0 aliphatic heterocycles. The van der Waals surface area contributed by atoms with Gasteiger partial charge in [-0.05, 0) is 55.5 Å². The molecule has 3 N–H and O–H groups in total. The maximum absolute atomic E-state index is 11.6. The third-order valence-corrected chi connectivity index (χ3v) is 4.00. The normalized spacial score (nSPS) is 11.6. The minimum absolute atomic E-state index is 0.0289. The lowest BCUT2D eigenvalue weighted by Crippen LogP contribution is -2.51. The van der Waals surface area contributed by atoms with Crippen molar-refractivity contribution >= 4 is 34.6 Å². The van der Waals surface area contributed by atoms with Crippen LogP contribution >= 0.6 is 23.2 Å². The third-order valence-electron chi connectivity index (χ3n) is 3.50. The Hall–Kier alpha value is -1.50. The summed E-state index contributed by atoms with van der Waals surface area (Å²) >= 11 is 11.7. The molecule has 5 nitrogen and oxygen atoms in total. The number of hydrogen-bond acceptors (Lipinski definition) is 5. The molecule has 0 bridgehead atoms. The highest BCUT2D eigenvalue weighted by Crippen LogP contribution is 2.19. The van der Waals surface area contributed by atoms with Crippen LogP contribution in [-0.4, -0.2) is 29.1 Å². The van der Waals surface area contributed by atoms with E-state index in [-0.39, 0.29) is 18.3 Å². The van der Waals surface area contributed by atoms with Crippen molar-refractivity contribution in [2.45, 2.75) is 12.5 Å². The fourth-order valence-electron chi connectivity index (χ4n) is 1.92. The van der Waals surface area contributed by atoms with E-state index in [2.05, 4.69) is 10.6 Å². The summed E-state index contributed by atoms with van der Waals surface area (Å²) in [6.07, 6.45) is 0. The van der Waals surface area contributed by atoms with Crippen LogP contribution < -0.4 is 10.6 Å². The van der Waals surface area contributed by atoms with Gasteiger partial charge in [-0.1, -0.05) is 23.2 Å². The maximum atomic E-state index is 11.6. The Labute approximate surface area is 145 Å². The van der Waals surface area contributed by atoms with Gasteiger partial charge in [0.05, 0.1) is 5.54 Å². The van der Waals surface area contributed by atoms with Crippen molar-refractivity contribution in [1.82, 2.24) is 5.23 Å². The molecule has 0 saturated heterocycles. The second-order valence-corrected chi connectivity index (χ2v) is 6.36. The predicted octanol–water partition coefficient (Wildman–Crippen LogP) is 4.47. The van der Waals surface area contributed by atoms with Crippen LogP contribution in [0.4, 0.5) is 11.4 Å². The summed E-state index contributed by atoms with van der Waals surface area (Å²) in [5.74, 6) is 0. The van der Waals surface area contributed by atoms with Crippen LogP contribution in [0, 0.1) is 5.21 Å². The number of rotatable bonds is 7. The number of anilines is 2. The van der Waals surface area contributed by atoms with E-state index in [0.29, 0.717) is 10.0 Å². The Morgan fingerprint density at radius 1 is 0.913 bits per heavy atom. The first-order valence-corrected chi connectivity index (χ1v) is 7.80. The summed E-state index contributed by atoms with van der Waals surface area (Å²) < 4.78 is 0. The van der Waals surface area contributed by atoms with E-state index in [1.807, 2.05) is 24.3 Å². The molecule has 0 fully saturated rings. The molecule has 7 heteroatoms. The molecule has 0 unspecified atom stereocenters. The Kier molecular flexibility index (Phi) is 6.10. The topological polar surface area (TPSA) is 70.6 Å². The van der Waals surface area contributed by atoms with Crippen molar-refractivity contribution in [3.8, 4) is 0 Å². The van der Waals surface area contributed by atoms with E-state index in [0.717, 1.165) is 11.4 Å². The summed E-state index contributed by atoms with van der Waals surface area (Å²) in [7, 11) is 0. The summed E-state index contributed by atoms with van der Waals surface area (Å²) in [4.78, 5) is 0. The van der Waals surface area contributed by atoms with Gasteiger partial charge < -0.3 is 21.0 Å². The van der Waals surface area contributed by atoms with Crippen molar-refractivity contribution in [2.24, 2.45) is 0 Å². The first-order valence-electron chi connectivity index (χ1n) is 7.04. The molecule has 0 aromatic heterocycles. The number of benzene rings is 2. The van der Waals surface area contributed by atoms with Crippen molar-refractivity contribution in [1.29, 1.82) is 0 Å². The van der Waals surface area contributed by atoms with Gasteiger partial charge in [0, 0.05) is 34.5 Å². The molecule has 0 spiro atoms. The molecule has 0 aliphatic carbocycles. The molecule has 2 aromatic rings. The van der Waals surface area contributed by atoms with E-state index in [9.17, 15) is 10.4 Å². The van der Waals surface area contributed by atoms with Crippen LogP contribution in [0.1, 0.15) is 6.92 Å². The monoisotopic (exact) mass is 354 g/mol. The van der Waals surface area contributed by atoms with Gasteiger partial charge in [0.25, 0.3) is 0 Å². The van der Waals surface area contributed by atoms with Gasteiger partial charge in [-0.3, -0.25) is 5.23 Å². The van der Waals surface area contributed by atoms with Gasteiger partial charge in [0.1, 0.15) is 0 Å². The number of nitrogens with one attached hydrogen (secondary N) is 2. The summed E-state index contributed by atoms with van der Waals surface area (Å²) in [5.41, 5.74) is 0.571. The average molecular weight is 355 g/mol. The highest BCUT2D eigenvalue weighted by molar-refractivity contribution is 6.30. The Bertz CT molecular complexity index is 569. The molecule has 124 valence electrons. The fourth-order valence-corrected chi connectivity index (χ4v) is 2.17. The smallest absolute Gasteiger partial charge is 0.0643 e. The number of nitrogens with zero attached hydrogens (tertiary/aromatic N) is 1. The summed E-state index contributed by atoms with van der Waals surface area (Å²) in [6, 6.07) is 14.2. The molecule has 23 heavy (non-hydrogen) atoms. The third kappa shape index (κ3) is 5.27. The second kappa shape index (κ2) is 7.86. The van der Waals surface area contributed by atoms with Crippen molar-refractivity contribution in [3.05, 3.63) is 63.8 Å². The van der Waals surface area contributed by atoms with Crippen molar-refractivity contribution in [3.63, 3.8) is 0 Å². The van der Waals surface area contributed by atoms with Crippen LogP contribution in [0.3, 0.4) is 0 Å². The van der Waals surface area contributed by atoms with Gasteiger partial charge in [-0.15, -0.1) is 0 Å². The highest BCUT2D eigenvalue weighted by Gasteiger charge is 2.25. The van der Waals surface area contributed by atoms with Crippen LogP contribution in [0.2, 0.25) is 10.0 Å². The molecule has 0 saturated carbocycles. The summed E-state index contributed by atoms with van der Waals surface area (Å²) in [6.45, 7) is 2.15. The van der Waals surface area contributed by atoms with Gasteiger partial charge in [-0.25, -0.2) is 0 Å². The molecule has 2 rings (SSSR count). The fraction of sp³-hybridized carbons (Fsp3) is 0.250. The van der Waals surface area contributed by atoms with E-state index in [1.54, 1.807) is 31.2 Å². The first kappa shape index (κ1) is 17.8. The molecular weight excluding hydrogens is 337 g/mol. The van der Waals surface area contributed by atoms with Crippen LogP contribution in [-0.2, 0) is 0 Å². The average Bonchev–Trinajstić information content (AvgIpc) is 2.53. The first-order chi connectivity index (χ1) is 10.9. The molecule has 0 atom stereocenters. The van der Waals surface area contributed by atoms with Gasteiger partial charge in [0.15, 0.2) is 0 Å². The van der Waals surface area contributed by atoms with Crippen LogP contribution in [0.25, 0.3) is 0 Å². The SMILES string of the molecule is CC(CNc1ccc(Cl)cc1)(CNc1ccc(Cl)cc1)N([O-])O. The quantitative estimate of drug-likeness (QED) is 0.640. The second-order valence-electron chi connectivity index (χ2n) is 5.49.